The number of hydrogen-bond donors (Lipinski definition) is 2. The molecule has 0 saturated carbocycles. The van der Waals surface area contributed by atoms with Gasteiger partial charge in [-0.05, 0) is 30.6 Å². The lowest BCUT2D eigenvalue weighted by molar-refractivity contribution is -0.125. The Morgan fingerprint density at radius 1 is 1.37 bits per heavy atom. The first-order chi connectivity index (χ1) is 8.76. The lowest BCUT2D eigenvalue weighted by atomic mass is 9.83. The highest BCUT2D eigenvalue weighted by molar-refractivity contribution is 5.77. The molecule has 1 rings (SSSR count). The molecule has 1 aliphatic heterocycles. The summed E-state index contributed by atoms with van der Waals surface area (Å²) in [4.78, 5) is 12.2. The van der Waals surface area contributed by atoms with Crippen LogP contribution in [0.25, 0.3) is 0 Å². The molecule has 0 aromatic heterocycles. The van der Waals surface area contributed by atoms with E-state index in [1.165, 1.54) is 0 Å². The van der Waals surface area contributed by atoms with Crippen LogP contribution in [0, 0.1) is 11.3 Å². The van der Waals surface area contributed by atoms with Gasteiger partial charge in [-0.3, -0.25) is 4.79 Å². The molecule has 1 saturated heterocycles. The smallest absolute Gasteiger partial charge is 0.220 e. The van der Waals surface area contributed by atoms with Crippen LogP contribution in [0.4, 0.5) is 0 Å². The maximum Gasteiger partial charge on any atom is 0.220 e. The quantitative estimate of drug-likeness (QED) is 0.804. The fourth-order valence-corrected chi connectivity index (χ4v) is 2.92. The molecule has 1 fully saturated rings. The molecule has 0 bridgehead atoms. The fraction of sp³-hybridized carbons (Fsp3) is 0.933. The third kappa shape index (κ3) is 5.91. The molecular weight excluding hydrogens is 240 g/mol. The van der Waals surface area contributed by atoms with Crippen LogP contribution in [0.3, 0.4) is 0 Å². The van der Waals surface area contributed by atoms with Gasteiger partial charge in [0.1, 0.15) is 0 Å². The topological polar surface area (TPSA) is 64.4 Å². The van der Waals surface area contributed by atoms with Crippen molar-refractivity contribution in [2.45, 2.75) is 58.9 Å². The van der Waals surface area contributed by atoms with E-state index in [2.05, 4.69) is 33.0 Å². The van der Waals surface area contributed by atoms with E-state index in [4.69, 9.17) is 10.5 Å². The number of carbonyl (C=O) groups excluding carboxylic acids is 1. The number of carbonyl (C=O) groups is 1. The van der Waals surface area contributed by atoms with E-state index < -0.39 is 0 Å². The van der Waals surface area contributed by atoms with Crippen molar-refractivity contribution in [2.75, 3.05) is 19.8 Å². The Labute approximate surface area is 117 Å². The van der Waals surface area contributed by atoms with E-state index >= 15 is 0 Å². The summed E-state index contributed by atoms with van der Waals surface area (Å²) in [6, 6.07) is 0. The molecule has 1 unspecified atom stereocenters. The summed E-state index contributed by atoms with van der Waals surface area (Å²) >= 11 is 0. The van der Waals surface area contributed by atoms with Crippen LogP contribution in [0.15, 0.2) is 0 Å². The van der Waals surface area contributed by atoms with E-state index in [-0.39, 0.29) is 16.9 Å². The highest BCUT2D eigenvalue weighted by Gasteiger charge is 2.33. The van der Waals surface area contributed by atoms with Crippen LogP contribution < -0.4 is 11.1 Å². The molecule has 112 valence electrons. The van der Waals surface area contributed by atoms with Crippen LogP contribution in [0.1, 0.15) is 53.4 Å². The normalized spacial score (nSPS) is 20.9. The van der Waals surface area contributed by atoms with Crippen LogP contribution in [0.2, 0.25) is 0 Å². The standard InChI is InChI=1S/C15H30N2O2/c1-12(10-14(2,3)4)9-13(18)17-15(11-16)5-7-19-8-6-15/h12H,5-11,16H2,1-4H3,(H,17,18). The van der Waals surface area contributed by atoms with Crippen LogP contribution in [0.5, 0.6) is 0 Å². The van der Waals surface area contributed by atoms with E-state index in [1.54, 1.807) is 0 Å². The monoisotopic (exact) mass is 270 g/mol. The lowest BCUT2D eigenvalue weighted by Crippen LogP contribution is -2.56. The van der Waals surface area contributed by atoms with Crippen LogP contribution in [-0.2, 0) is 9.53 Å². The van der Waals surface area contributed by atoms with Crippen molar-refractivity contribution in [3.05, 3.63) is 0 Å². The first-order valence-electron chi connectivity index (χ1n) is 7.35. The van der Waals surface area contributed by atoms with Gasteiger partial charge in [0, 0.05) is 26.2 Å². The van der Waals surface area contributed by atoms with E-state index in [0.717, 1.165) is 19.3 Å². The van der Waals surface area contributed by atoms with Gasteiger partial charge >= 0.3 is 0 Å². The van der Waals surface area contributed by atoms with Crippen molar-refractivity contribution in [3.63, 3.8) is 0 Å². The highest BCUT2D eigenvalue weighted by atomic mass is 16.5. The average Bonchev–Trinajstić information content (AvgIpc) is 2.27. The number of rotatable bonds is 5. The maximum atomic E-state index is 12.2. The van der Waals surface area contributed by atoms with Gasteiger partial charge in [0.05, 0.1) is 5.54 Å². The molecule has 1 aliphatic rings. The number of amides is 1. The first-order valence-corrected chi connectivity index (χ1v) is 7.35. The molecule has 1 amide bonds. The first kappa shape index (κ1) is 16.4. The zero-order valence-electron chi connectivity index (χ0n) is 12.9. The van der Waals surface area contributed by atoms with E-state index in [0.29, 0.717) is 32.1 Å². The van der Waals surface area contributed by atoms with Crippen molar-refractivity contribution in [1.29, 1.82) is 0 Å². The Morgan fingerprint density at radius 3 is 2.42 bits per heavy atom. The Hall–Kier alpha value is -0.610. The van der Waals surface area contributed by atoms with Crippen LogP contribution in [-0.4, -0.2) is 31.2 Å². The van der Waals surface area contributed by atoms with Gasteiger partial charge < -0.3 is 15.8 Å². The molecule has 4 nitrogen and oxygen atoms in total. The summed E-state index contributed by atoms with van der Waals surface area (Å²) in [6.07, 6.45) is 3.28. The maximum absolute atomic E-state index is 12.2. The second-order valence-electron chi connectivity index (χ2n) is 7.22. The summed E-state index contributed by atoms with van der Waals surface area (Å²) < 4.78 is 5.35. The van der Waals surface area contributed by atoms with E-state index in [9.17, 15) is 4.79 Å². The SMILES string of the molecule is CC(CC(=O)NC1(CN)CCOCC1)CC(C)(C)C. The number of hydrogen-bond acceptors (Lipinski definition) is 3. The molecule has 4 heteroatoms. The molecule has 0 aliphatic carbocycles. The molecule has 3 N–H and O–H groups in total. The Kier molecular flexibility index (Phi) is 5.81. The minimum absolute atomic E-state index is 0.129. The zero-order chi connectivity index (χ0) is 14.5. The molecule has 0 radical (unpaired) electrons. The minimum atomic E-state index is -0.239. The number of nitrogens with two attached hydrogens (primary N) is 1. The van der Waals surface area contributed by atoms with Crippen molar-refractivity contribution >= 4 is 5.91 Å². The van der Waals surface area contributed by atoms with Gasteiger partial charge in [0.2, 0.25) is 5.91 Å². The number of nitrogens with one attached hydrogen (secondary N) is 1. The Morgan fingerprint density at radius 2 is 1.95 bits per heavy atom. The van der Waals surface area contributed by atoms with Crippen LogP contribution >= 0.6 is 0 Å². The fourth-order valence-electron chi connectivity index (χ4n) is 2.92. The second kappa shape index (κ2) is 6.71. The van der Waals surface area contributed by atoms with Gasteiger partial charge in [-0.15, -0.1) is 0 Å². The largest absolute Gasteiger partial charge is 0.381 e. The van der Waals surface area contributed by atoms with Crippen molar-refractivity contribution in [1.82, 2.24) is 5.32 Å². The molecule has 0 aromatic carbocycles. The predicted molar refractivity (Wildman–Crippen MR) is 77.8 cm³/mol. The molecule has 1 atom stereocenters. The Balaban J connectivity index is 2.45. The van der Waals surface area contributed by atoms with Gasteiger partial charge in [-0.1, -0.05) is 27.7 Å². The number of ether oxygens (including phenoxy) is 1. The van der Waals surface area contributed by atoms with Crippen molar-refractivity contribution in [2.24, 2.45) is 17.1 Å². The summed E-state index contributed by atoms with van der Waals surface area (Å²) in [6.45, 7) is 10.6. The molecular formula is C15H30N2O2. The molecule has 0 aromatic rings. The predicted octanol–water partition coefficient (Wildman–Crippen LogP) is 2.07. The molecule has 19 heavy (non-hydrogen) atoms. The third-order valence-corrected chi connectivity index (χ3v) is 3.74. The highest BCUT2D eigenvalue weighted by Crippen LogP contribution is 2.26. The zero-order valence-corrected chi connectivity index (χ0v) is 12.9. The average molecular weight is 270 g/mol. The summed E-state index contributed by atoms with van der Waals surface area (Å²) in [7, 11) is 0. The summed E-state index contributed by atoms with van der Waals surface area (Å²) in [5.74, 6) is 0.527. The third-order valence-electron chi connectivity index (χ3n) is 3.74. The van der Waals surface area contributed by atoms with E-state index in [1.807, 2.05) is 0 Å². The lowest BCUT2D eigenvalue weighted by Gasteiger charge is -2.37. The van der Waals surface area contributed by atoms with Gasteiger partial charge in [-0.2, -0.15) is 0 Å². The van der Waals surface area contributed by atoms with Gasteiger partial charge in [-0.25, -0.2) is 0 Å². The second-order valence-corrected chi connectivity index (χ2v) is 7.22. The summed E-state index contributed by atoms with van der Waals surface area (Å²) in [5, 5.41) is 3.15. The van der Waals surface area contributed by atoms with Crippen molar-refractivity contribution in [3.8, 4) is 0 Å². The van der Waals surface area contributed by atoms with Gasteiger partial charge in [0.25, 0.3) is 0 Å². The Bertz CT molecular complexity index is 291. The molecule has 1 heterocycles. The summed E-state index contributed by atoms with van der Waals surface area (Å²) in [5.41, 5.74) is 5.88. The molecule has 0 spiro atoms. The van der Waals surface area contributed by atoms with Crippen molar-refractivity contribution < 1.29 is 9.53 Å². The minimum Gasteiger partial charge on any atom is -0.381 e. The van der Waals surface area contributed by atoms with Gasteiger partial charge in [0.15, 0.2) is 0 Å².